The Bertz CT molecular complexity index is 1550. The Balaban J connectivity index is 1.48. The second-order valence-electron chi connectivity index (χ2n) is 8.86. The predicted octanol–water partition coefficient (Wildman–Crippen LogP) is 5.98. The molecule has 0 aliphatic carbocycles. The summed E-state index contributed by atoms with van der Waals surface area (Å²) >= 11 is 7.04. The highest BCUT2D eigenvalue weighted by Crippen LogP contribution is 2.34. The van der Waals surface area contributed by atoms with Gasteiger partial charge in [-0.15, -0.1) is 10.2 Å². The molecule has 214 valence electrons. The number of ether oxygens (including phenoxy) is 1. The van der Waals surface area contributed by atoms with Crippen LogP contribution in [-0.4, -0.2) is 38.9 Å². The van der Waals surface area contributed by atoms with Crippen molar-refractivity contribution in [2.24, 2.45) is 0 Å². The summed E-state index contributed by atoms with van der Waals surface area (Å²) < 4.78 is 46.5. The van der Waals surface area contributed by atoms with Gasteiger partial charge in [0.1, 0.15) is 5.75 Å². The van der Waals surface area contributed by atoms with E-state index in [0.29, 0.717) is 16.7 Å². The summed E-state index contributed by atoms with van der Waals surface area (Å²) in [5.41, 5.74) is 1.62. The summed E-state index contributed by atoms with van der Waals surface area (Å²) in [5, 5.41) is 14.0. The number of carbonyl (C=O) groups is 2. The molecule has 0 fully saturated rings. The minimum Gasteiger partial charge on any atom is -0.484 e. The van der Waals surface area contributed by atoms with E-state index in [-0.39, 0.29) is 35.5 Å². The fourth-order valence-corrected chi connectivity index (χ4v) is 4.66. The molecule has 4 aromatic rings. The summed E-state index contributed by atoms with van der Waals surface area (Å²) in [6.45, 7) is 3.72. The molecule has 41 heavy (non-hydrogen) atoms. The summed E-state index contributed by atoms with van der Waals surface area (Å²) in [6.07, 6.45) is -4.58. The normalized spacial score (nSPS) is 11.3. The average Bonchev–Trinajstić information content (AvgIpc) is 3.34. The molecule has 1 aromatic heterocycles. The fourth-order valence-electron chi connectivity index (χ4n) is 3.74. The van der Waals surface area contributed by atoms with E-state index < -0.39 is 17.6 Å². The Morgan fingerprint density at radius 2 is 1.76 bits per heavy atom. The van der Waals surface area contributed by atoms with E-state index in [1.165, 1.54) is 0 Å². The standard InChI is InChI=1S/C28H25ClF3N5O3S/c1-17-7-6-10-23(18(17)2)37-24(14-33-25(38)15-40-20-8-4-3-5-9-20)35-36-27(37)41-16-26(39)34-22-13-19(28(30,31)32)11-12-21(22)29/h3-13H,14-16H2,1-2H3,(H,33,38)(H,34,39). The summed E-state index contributed by atoms with van der Waals surface area (Å²) in [4.78, 5) is 25.1. The van der Waals surface area contributed by atoms with Gasteiger partial charge in [0.25, 0.3) is 5.91 Å². The quantitative estimate of drug-likeness (QED) is 0.216. The van der Waals surface area contributed by atoms with Crippen molar-refractivity contribution >= 4 is 40.9 Å². The minimum atomic E-state index is -4.58. The number of benzene rings is 3. The first-order valence-electron chi connectivity index (χ1n) is 12.3. The largest absolute Gasteiger partial charge is 0.484 e. The molecular weight excluding hydrogens is 579 g/mol. The number of carbonyl (C=O) groups excluding carboxylic acids is 2. The zero-order chi connectivity index (χ0) is 29.6. The number of halogens is 4. The number of nitrogens with zero attached hydrogens (tertiary/aromatic N) is 3. The van der Waals surface area contributed by atoms with Crippen LogP contribution in [0.2, 0.25) is 5.02 Å². The lowest BCUT2D eigenvalue weighted by Gasteiger charge is -2.15. The van der Waals surface area contributed by atoms with Gasteiger partial charge in [0.05, 0.1) is 34.3 Å². The van der Waals surface area contributed by atoms with Crippen LogP contribution in [0.1, 0.15) is 22.5 Å². The molecule has 3 aromatic carbocycles. The molecule has 0 atom stereocenters. The molecule has 0 saturated heterocycles. The molecule has 2 amide bonds. The fraction of sp³-hybridized carbons (Fsp3) is 0.214. The van der Waals surface area contributed by atoms with Crippen molar-refractivity contribution in [1.29, 1.82) is 0 Å². The molecule has 8 nitrogen and oxygen atoms in total. The summed E-state index contributed by atoms with van der Waals surface area (Å²) in [6, 6.07) is 17.3. The first-order chi connectivity index (χ1) is 19.5. The Morgan fingerprint density at radius 1 is 1.00 bits per heavy atom. The lowest BCUT2D eigenvalue weighted by Crippen LogP contribution is -2.29. The number of thioether (sulfide) groups is 1. The number of para-hydroxylation sites is 1. The van der Waals surface area contributed by atoms with Crippen molar-refractivity contribution < 1.29 is 27.5 Å². The zero-order valence-corrected chi connectivity index (χ0v) is 23.5. The van der Waals surface area contributed by atoms with E-state index in [1.807, 2.05) is 38.1 Å². The molecule has 4 rings (SSSR count). The SMILES string of the molecule is Cc1cccc(-n2c(CNC(=O)COc3ccccc3)nnc2SCC(=O)Nc2cc(C(F)(F)F)ccc2Cl)c1C. The molecule has 13 heteroatoms. The monoisotopic (exact) mass is 603 g/mol. The molecule has 0 bridgehead atoms. The Morgan fingerprint density at radius 3 is 2.49 bits per heavy atom. The number of alkyl halides is 3. The molecule has 0 radical (unpaired) electrons. The van der Waals surface area contributed by atoms with Crippen molar-refractivity contribution in [3.8, 4) is 11.4 Å². The maximum absolute atomic E-state index is 13.1. The lowest BCUT2D eigenvalue weighted by atomic mass is 10.1. The van der Waals surface area contributed by atoms with Gasteiger partial charge < -0.3 is 15.4 Å². The van der Waals surface area contributed by atoms with Gasteiger partial charge in [0, 0.05) is 0 Å². The van der Waals surface area contributed by atoms with E-state index in [2.05, 4.69) is 20.8 Å². The molecule has 0 aliphatic heterocycles. The van der Waals surface area contributed by atoms with Crippen molar-refractivity contribution in [2.45, 2.75) is 31.7 Å². The highest BCUT2D eigenvalue weighted by atomic mass is 35.5. The third-order valence-corrected chi connectivity index (χ3v) is 7.23. The Labute approximate surface area is 243 Å². The van der Waals surface area contributed by atoms with Crippen molar-refractivity contribution in [3.05, 3.63) is 94.3 Å². The number of aromatic nitrogens is 3. The van der Waals surface area contributed by atoms with Crippen molar-refractivity contribution in [3.63, 3.8) is 0 Å². The van der Waals surface area contributed by atoms with Crippen LogP contribution >= 0.6 is 23.4 Å². The maximum Gasteiger partial charge on any atom is 0.416 e. The first-order valence-corrected chi connectivity index (χ1v) is 13.6. The van der Waals surface area contributed by atoms with E-state index >= 15 is 0 Å². The Kier molecular flexibility index (Phi) is 9.56. The number of anilines is 1. The molecule has 1 heterocycles. The van der Waals surface area contributed by atoms with Gasteiger partial charge in [0.15, 0.2) is 17.6 Å². The molecule has 2 N–H and O–H groups in total. The number of hydrogen-bond acceptors (Lipinski definition) is 6. The van der Waals surface area contributed by atoms with Crippen LogP contribution < -0.4 is 15.4 Å². The van der Waals surface area contributed by atoms with Crippen molar-refractivity contribution in [2.75, 3.05) is 17.7 Å². The van der Waals surface area contributed by atoms with Crippen LogP contribution in [0, 0.1) is 13.8 Å². The average molecular weight is 604 g/mol. The third-order valence-electron chi connectivity index (χ3n) is 5.97. The van der Waals surface area contributed by atoms with Gasteiger partial charge in [0.2, 0.25) is 5.91 Å². The van der Waals surface area contributed by atoms with E-state index in [1.54, 1.807) is 28.8 Å². The van der Waals surface area contributed by atoms with Gasteiger partial charge in [-0.05, 0) is 61.4 Å². The molecular formula is C28H25ClF3N5O3S. The van der Waals surface area contributed by atoms with Crippen LogP contribution in [0.15, 0.2) is 71.9 Å². The predicted molar refractivity (Wildman–Crippen MR) is 150 cm³/mol. The zero-order valence-electron chi connectivity index (χ0n) is 22.0. The smallest absolute Gasteiger partial charge is 0.416 e. The summed E-state index contributed by atoms with van der Waals surface area (Å²) in [7, 11) is 0. The van der Waals surface area contributed by atoms with Crippen LogP contribution in [-0.2, 0) is 22.3 Å². The molecule has 0 aliphatic rings. The van der Waals surface area contributed by atoms with Gasteiger partial charge in [-0.25, -0.2) is 0 Å². The number of aryl methyl sites for hydroxylation is 1. The molecule has 0 saturated carbocycles. The van der Waals surface area contributed by atoms with Crippen LogP contribution in [0.25, 0.3) is 5.69 Å². The summed E-state index contributed by atoms with van der Waals surface area (Å²) in [5.74, 6) is -0.164. The van der Waals surface area contributed by atoms with Crippen LogP contribution in [0.5, 0.6) is 5.75 Å². The Hall–Kier alpha value is -4.03. The topological polar surface area (TPSA) is 98.1 Å². The maximum atomic E-state index is 13.1. The van der Waals surface area contributed by atoms with E-state index in [0.717, 1.165) is 46.8 Å². The minimum absolute atomic E-state index is 0.0239. The third kappa shape index (κ3) is 7.80. The van der Waals surface area contributed by atoms with Gasteiger partial charge in [-0.1, -0.05) is 53.7 Å². The van der Waals surface area contributed by atoms with E-state index in [4.69, 9.17) is 16.3 Å². The van der Waals surface area contributed by atoms with E-state index in [9.17, 15) is 22.8 Å². The number of hydrogen-bond donors (Lipinski definition) is 2. The molecule has 0 spiro atoms. The second kappa shape index (κ2) is 13.1. The number of nitrogens with one attached hydrogen (secondary N) is 2. The molecule has 0 unspecified atom stereocenters. The second-order valence-corrected chi connectivity index (χ2v) is 10.2. The number of rotatable bonds is 10. The lowest BCUT2D eigenvalue weighted by molar-refractivity contribution is -0.137. The van der Waals surface area contributed by atoms with Gasteiger partial charge in [-0.3, -0.25) is 14.2 Å². The van der Waals surface area contributed by atoms with Crippen molar-refractivity contribution in [1.82, 2.24) is 20.1 Å². The highest BCUT2D eigenvalue weighted by molar-refractivity contribution is 7.99. The van der Waals surface area contributed by atoms with Crippen LogP contribution in [0.3, 0.4) is 0 Å². The number of amides is 2. The highest BCUT2D eigenvalue weighted by Gasteiger charge is 2.31. The van der Waals surface area contributed by atoms with Crippen LogP contribution in [0.4, 0.5) is 18.9 Å². The van der Waals surface area contributed by atoms with Gasteiger partial charge >= 0.3 is 6.18 Å². The first kappa shape index (κ1) is 29.9. The van der Waals surface area contributed by atoms with Gasteiger partial charge in [-0.2, -0.15) is 13.2 Å².